The maximum Gasteiger partial charge on any atom is 0.278 e. The second kappa shape index (κ2) is 8.24. The van der Waals surface area contributed by atoms with Crippen LogP contribution in [0, 0.1) is 0 Å². The first kappa shape index (κ1) is 18.9. The molecule has 0 radical (unpaired) electrons. The van der Waals surface area contributed by atoms with Crippen LogP contribution in [-0.2, 0) is 14.8 Å². The van der Waals surface area contributed by atoms with E-state index in [1.54, 1.807) is 72.8 Å². The predicted octanol–water partition coefficient (Wildman–Crippen LogP) is 4.14. The molecule has 5 nitrogen and oxygen atoms in total. The lowest BCUT2D eigenvalue weighted by atomic mass is 10.3. The van der Waals surface area contributed by atoms with Crippen molar-refractivity contribution in [1.29, 1.82) is 0 Å². The lowest BCUT2D eigenvalue weighted by Gasteiger charge is -2.22. The second-order valence-corrected chi connectivity index (χ2v) is 7.72. The summed E-state index contributed by atoms with van der Waals surface area (Å²) >= 11 is 6.02. The molecule has 0 spiro atoms. The molecule has 0 bridgehead atoms. The number of rotatable bonds is 6. The van der Waals surface area contributed by atoms with Crippen molar-refractivity contribution in [3.63, 3.8) is 0 Å². The number of hydrogen-bond donors (Lipinski definition) is 0. The summed E-state index contributed by atoms with van der Waals surface area (Å²) in [4.78, 5) is 12.8. The Morgan fingerprint density at radius 1 is 0.852 bits per heavy atom. The van der Waals surface area contributed by atoms with Crippen LogP contribution in [0.2, 0.25) is 5.02 Å². The van der Waals surface area contributed by atoms with Crippen molar-refractivity contribution in [2.24, 2.45) is 0 Å². The summed E-state index contributed by atoms with van der Waals surface area (Å²) in [6.07, 6.45) is 0. The van der Waals surface area contributed by atoms with E-state index in [2.05, 4.69) is 0 Å². The maximum absolute atomic E-state index is 13.1. The van der Waals surface area contributed by atoms with Gasteiger partial charge in [0.25, 0.3) is 15.9 Å². The highest BCUT2D eigenvalue weighted by molar-refractivity contribution is 7.93. The van der Waals surface area contributed by atoms with Crippen LogP contribution in [-0.4, -0.2) is 20.9 Å². The highest BCUT2D eigenvalue weighted by Gasteiger charge is 2.31. The molecule has 0 heterocycles. The number of hydrogen-bond acceptors (Lipinski definition) is 4. The first-order valence-electron chi connectivity index (χ1n) is 8.06. The van der Waals surface area contributed by atoms with E-state index in [-0.39, 0.29) is 10.6 Å². The zero-order valence-corrected chi connectivity index (χ0v) is 15.7. The number of anilines is 1. The van der Waals surface area contributed by atoms with Gasteiger partial charge in [0.2, 0.25) is 0 Å². The Morgan fingerprint density at radius 2 is 1.41 bits per heavy atom. The molecule has 0 atom stereocenters. The zero-order chi connectivity index (χ0) is 19.3. The van der Waals surface area contributed by atoms with E-state index in [4.69, 9.17) is 16.3 Å². The van der Waals surface area contributed by atoms with Gasteiger partial charge in [0, 0.05) is 0 Å². The Balaban J connectivity index is 1.93. The van der Waals surface area contributed by atoms with Crippen LogP contribution < -0.4 is 9.04 Å². The van der Waals surface area contributed by atoms with Crippen LogP contribution in [0.5, 0.6) is 5.75 Å². The fraction of sp³-hybridized carbons (Fsp3) is 0.0500. The van der Waals surface area contributed by atoms with E-state index in [1.807, 2.05) is 0 Å². The SMILES string of the molecule is O=C(COc1ccccc1Cl)N(c1ccccc1)S(=O)(=O)c1ccccc1. The summed E-state index contributed by atoms with van der Waals surface area (Å²) in [6.45, 7) is -0.481. The van der Waals surface area contributed by atoms with Gasteiger partial charge in [0.1, 0.15) is 5.75 Å². The smallest absolute Gasteiger partial charge is 0.278 e. The van der Waals surface area contributed by atoms with Gasteiger partial charge in [0.15, 0.2) is 6.61 Å². The molecule has 27 heavy (non-hydrogen) atoms. The van der Waals surface area contributed by atoms with Crippen LogP contribution in [0.4, 0.5) is 5.69 Å². The molecule has 0 saturated heterocycles. The van der Waals surface area contributed by atoms with Crippen LogP contribution in [0.3, 0.4) is 0 Å². The average molecular weight is 402 g/mol. The minimum Gasteiger partial charge on any atom is -0.482 e. The van der Waals surface area contributed by atoms with E-state index >= 15 is 0 Å². The summed E-state index contributed by atoms with van der Waals surface area (Å²) in [5, 5.41) is 0.336. The molecule has 138 valence electrons. The normalized spacial score (nSPS) is 11.0. The molecule has 3 aromatic rings. The molecular weight excluding hydrogens is 386 g/mol. The highest BCUT2D eigenvalue weighted by Crippen LogP contribution is 2.26. The Kier molecular flexibility index (Phi) is 5.78. The summed E-state index contributed by atoms with van der Waals surface area (Å²) < 4.78 is 32.3. The lowest BCUT2D eigenvalue weighted by molar-refractivity contribution is -0.119. The van der Waals surface area contributed by atoms with Gasteiger partial charge >= 0.3 is 0 Å². The quantitative estimate of drug-likeness (QED) is 0.622. The van der Waals surface area contributed by atoms with Gasteiger partial charge in [-0.3, -0.25) is 4.79 Å². The third-order valence-corrected chi connectivity index (χ3v) is 5.76. The topological polar surface area (TPSA) is 63.7 Å². The van der Waals surface area contributed by atoms with E-state index in [9.17, 15) is 13.2 Å². The van der Waals surface area contributed by atoms with Crippen LogP contribution in [0.15, 0.2) is 89.8 Å². The molecule has 0 aliphatic heterocycles. The van der Waals surface area contributed by atoms with Crippen molar-refractivity contribution < 1.29 is 17.9 Å². The predicted molar refractivity (Wildman–Crippen MR) is 105 cm³/mol. The molecule has 0 aromatic heterocycles. The molecule has 1 amide bonds. The number of nitrogens with zero attached hydrogens (tertiary/aromatic N) is 1. The van der Waals surface area contributed by atoms with Crippen molar-refractivity contribution in [3.05, 3.63) is 90.0 Å². The third-order valence-electron chi connectivity index (χ3n) is 3.69. The molecule has 0 saturated carbocycles. The van der Waals surface area contributed by atoms with Crippen molar-refractivity contribution in [2.45, 2.75) is 4.90 Å². The zero-order valence-electron chi connectivity index (χ0n) is 14.2. The monoisotopic (exact) mass is 401 g/mol. The largest absolute Gasteiger partial charge is 0.482 e. The third kappa shape index (κ3) is 4.30. The number of ether oxygens (including phenoxy) is 1. The summed E-state index contributed by atoms with van der Waals surface area (Å²) in [5.74, 6) is -0.428. The van der Waals surface area contributed by atoms with Gasteiger partial charge in [-0.05, 0) is 36.4 Å². The molecule has 3 rings (SSSR count). The van der Waals surface area contributed by atoms with Crippen LogP contribution >= 0.6 is 11.6 Å². The van der Waals surface area contributed by atoms with Crippen molar-refractivity contribution in [2.75, 3.05) is 10.9 Å². The Labute approximate surface area is 162 Å². The standard InChI is InChI=1S/C20H16ClNO4S/c21-18-13-7-8-14-19(18)26-15-20(23)22(16-9-3-1-4-10-16)27(24,25)17-11-5-2-6-12-17/h1-14H,15H2. The number of sulfonamides is 1. The summed E-state index contributed by atoms with van der Waals surface area (Å²) in [6, 6.07) is 22.6. The number of amides is 1. The van der Waals surface area contributed by atoms with Gasteiger partial charge in [0.05, 0.1) is 15.6 Å². The van der Waals surface area contributed by atoms with E-state index in [0.29, 0.717) is 10.8 Å². The number of carbonyl (C=O) groups excluding carboxylic acids is 1. The Morgan fingerprint density at radius 3 is 2.04 bits per heavy atom. The molecule has 3 aromatic carbocycles. The van der Waals surface area contributed by atoms with Crippen LogP contribution in [0.25, 0.3) is 0 Å². The van der Waals surface area contributed by atoms with Crippen molar-refractivity contribution in [1.82, 2.24) is 0 Å². The Bertz CT molecular complexity index is 1020. The summed E-state index contributed by atoms with van der Waals surface area (Å²) in [7, 11) is -4.10. The minimum atomic E-state index is -4.10. The van der Waals surface area contributed by atoms with Gasteiger partial charge in [-0.2, -0.15) is 4.31 Å². The van der Waals surface area contributed by atoms with Crippen molar-refractivity contribution >= 4 is 33.2 Å². The first-order chi connectivity index (χ1) is 13.0. The molecular formula is C20H16ClNO4S. The number of carbonyl (C=O) groups is 1. The number of benzene rings is 3. The van der Waals surface area contributed by atoms with Gasteiger partial charge in [-0.1, -0.05) is 60.1 Å². The number of para-hydroxylation sites is 2. The Hall–Kier alpha value is -2.83. The molecule has 0 N–H and O–H groups in total. The highest BCUT2D eigenvalue weighted by atomic mass is 35.5. The molecule has 0 aliphatic carbocycles. The molecule has 0 fully saturated rings. The average Bonchev–Trinajstić information content (AvgIpc) is 2.69. The van der Waals surface area contributed by atoms with Crippen LogP contribution in [0.1, 0.15) is 0 Å². The molecule has 0 aliphatic rings. The van der Waals surface area contributed by atoms with Gasteiger partial charge < -0.3 is 4.74 Å². The van der Waals surface area contributed by atoms with Crippen molar-refractivity contribution in [3.8, 4) is 5.75 Å². The van der Waals surface area contributed by atoms with E-state index in [0.717, 1.165) is 4.31 Å². The van der Waals surface area contributed by atoms with Gasteiger partial charge in [-0.15, -0.1) is 0 Å². The van der Waals surface area contributed by atoms with E-state index < -0.39 is 22.5 Å². The first-order valence-corrected chi connectivity index (χ1v) is 9.87. The maximum atomic E-state index is 13.1. The second-order valence-electron chi connectivity index (χ2n) is 5.53. The fourth-order valence-electron chi connectivity index (χ4n) is 2.44. The summed E-state index contributed by atoms with van der Waals surface area (Å²) in [5.41, 5.74) is 0.231. The molecule has 7 heteroatoms. The minimum absolute atomic E-state index is 0.0138. The van der Waals surface area contributed by atoms with Gasteiger partial charge in [-0.25, -0.2) is 8.42 Å². The fourth-order valence-corrected chi connectivity index (χ4v) is 4.06. The molecule has 0 unspecified atom stereocenters. The lowest BCUT2D eigenvalue weighted by Crippen LogP contribution is -2.40. The number of halogens is 1. The van der Waals surface area contributed by atoms with E-state index in [1.165, 1.54) is 12.1 Å².